The third-order valence-corrected chi connectivity index (χ3v) is 5.52. The van der Waals surface area contributed by atoms with Gasteiger partial charge < -0.3 is 14.8 Å². The Labute approximate surface area is 224 Å². The first kappa shape index (κ1) is 28.9. The molecule has 10 nitrogen and oxygen atoms in total. The summed E-state index contributed by atoms with van der Waals surface area (Å²) >= 11 is 5.82. The SMILES string of the molecule is COc1ccc(C=NNC(=O)C(=O)Nc2cc(C(F)(F)F)ccc2Cl)cc1COc1ccc([N+](=O)[O-])c(C)c1. The van der Waals surface area contributed by atoms with E-state index in [-0.39, 0.29) is 17.3 Å². The number of hydrogen-bond acceptors (Lipinski definition) is 7. The van der Waals surface area contributed by atoms with Crippen molar-refractivity contribution in [3.8, 4) is 11.5 Å². The quantitative estimate of drug-likeness (QED) is 0.166. The topological polar surface area (TPSA) is 132 Å². The number of benzene rings is 3. The zero-order valence-electron chi connectivity index (χ0n) is 20.3. The van der Waals surface area contributed by atoms with Crippen LogP contribution in [0.1, 0.15) is 22.3 Å². The number of halogens is 4. The van der Waals surface area contributed by atoms with E-state index in [1.165, 1.54) is 31.5 Å². The standard InChI is InChI=1S/C25H20ClF3N4O6/c1-14-9-18(5-7-21(14)33(36)37)39-13-16-10-15(3-8-22(16)38-2)12-30-32-24(35)23(34)31-20-11-17(25(27,28)29)4-6-19(20)26/h3-12H,13H2,1-2H3,(H,31,34)(H,32,35). The third-order valence-electron chi connectivity index (χ3n) is 5.19. The predicted molar refractivity (Wildman–Crippen MR) is 136 cm³/mol. The second-order valence-corrected chi connectivity index (χ2v) is 8.32. The largest absolute Gasteiger partial charge is 0.496 e. The molecular formula is C25H20ClF3N4O6. The van der Waals surface area contributed by atoms with Gasteiger partial charge in [0.15, 0.2) is 0 Å². The molecule has 2 N–H and O–H groups in total. The summed E-state index contributed by atoms with van der Waals surface area (Å²) in [6.07, 6.45) is -3.44. The van der Waals surface area contributed by atoms with Gasteiger partial charge in [0.05, 0.1) is 34.5 Å². The molecule has 0 aliphatic heterocycles. The molecule has 3 aromatic rings. The Hall–Kier alpha value is -4.65. The Morgan fingerprint density at radius 2 is 1.85 bits per heavy atom. The van der Waals surface area contributed by atoms with Gasteiger partial charge in [0, 0.05) is 17.2 Å². The van der Waals surface area contributed by atoms with Crippen molar-refractivity contribution in [2.75, 3.05) is 12.4 Å². The Bertz CT molecular complexity index is 1450. The molecule has 0 fully saturated rings. The number of nitrogens with zero attached hydrogens (tertiary/aromatic N) is 2. The number of rotatable bonds is 8. The molecule has 0 saturated heterocycles. The monoisotopic (exact) mass is 564 g/mol. The molecule has 14 heteroatoms. The van der Waals surface area contributed by atoms with Gasteiger partial charge in [-0.1, -0.05) is 11.6 Å². The van der Waals surface area contributed by atoms with Crippen LogP contribution < -0.4 is 20.2 Å². The van der Waals surface area contributed by atoms with Gasteiger partial charge in [-0.25, -0.2) is 5.43 Å². The van der Waals surface area contributed by atoms with Crippen molar-refractivity contribution in [1.82, 2.24) is 5.43 Å². The van der Waals surface area contributed by atoms with Gasteiger partial charge in [-0.15, -0.1) is 0 Å². The highest BCUT2D eigenvalue weighted by Crippen LogP contribution is 2.33. The molecule has 0 aromatic heterocycles. The molecule has 0 aliphatic carbocycles. The fourth-order valence-electron chi connectivity index (χ4n) is 3.27. The van der Waals surface area contributed by atoms with E-state index in [1.54, 1.807) is 25.1 Å². The van der Waals surface area contributed by atoms with Gasteiger partial charge >= 0.3 is 18.0 Å². The number of hydrazone groups is 1. The van der Waals surface area contributed by atoms with E-state index < -0.39 is 34.2 Å². The van der Waals surface area contributed by atoms with Crippen LogP contribution >= 0.6 is 11.6 Å². The van der Waals surface area contributed by atoms with Crippen molar-refractivity contribution in [3.05, 3.63) is 92.0 Å². The summed E-state index contributed by atoms with van der Waals surface area (Å²) in [5.74, 6) is -1.65. The first-order valence-electron chi connectivity index (χ1n) is 10.9. The molecule has 0 saturated carbocycles. The summed E-state index contributed by atoms with van der Waals surface area (Å²) in [5.41, 5.74) is 2.00. The van der Waals surface area contributed by atoms with E-state index in [1.807, 2.05) is 10.7 Å². The molecule has 0 aliphatic rings. The maximum absolute atomic E-state index is 12.9. The number of nitro benzene ring substituents is 1. The molecule has 0 atom stereocenters. The highest BCUT2D eigenvalue weighted by molar-refractivity contribution is 6.41. The third kappa shape index (κ3) is 7.68. The first-order chi connectivity index (χ1) is 18.4. The van der Waals surface area contributed by atoms with Crippen LogP contribution in [0.2, 0.25) is 5.02 Å². The van der Waals surface area contributed by atoms with Crippen molar-refractivity contribution < 1.29 is 37.2 Å². The molecule has 2 amide bonds. The van der Waals surface area contributed by atoms with Crippen molar-refractivity contribution in [2.24, 2.45) is 5.10 Å². The normalized spacial score (nSPS) is 11.2. The smallest absolute Gasteiger partial charge is 0.416 e. The maximum atomic E-state index is 12.9. The Morgan fingerprint density at radius 1 is 1.10 bits per heavy atom. The van der Waals surface area contributed by atoms with Crippen LogP contribution in [-0.4, -0.2) is 30.1 Å². The lowest BCUT2D eigenvalue weighted by Crippen LogP contribution is -2.32. The molecule has 0 radical (unpaired) electrons. The van der Waals surface area contributed by atoms with E-state index in [4.69, 9.17) is 21.1 Å². The van der Waals surface area contributed by atoms with E-state index in [2.05, 4.69) is 5.10 Å². The number of hydrogen-bond donors (Lipinski definition) is 2. The molecule has 0 heterocycles. The van der Waals surface area contributed by atoms with Crippen LogP contribution in [-0.2, 0) is 22.4 Å². The van der Waals surface area contributed by atoms with Gasteiger partial charge in [-0.2, -0.15) is 18.3 Å². The second kappa shape index (κ2) is 12.3. The van der Waals surface area contributed by atoms with Gasteiger partial charge in [0.25, 0.3) is 5.69 Å². The summed E-state index contributed by atoms with van der Waals surface area (Å²) in [6.45, 7) is 1.63. The summed E-state index contributed by atoms with van der Waals surface area (Å²) < 4.78 is 49.7. The number of nitrogens with one attached hydrogen (secondary N) is 2. The fraction of sp³-hybridized carbons (Fsp3) is 0.160. The first-order valence-corrected chi connectivity index (χ1v) is 11.3. The number of methoxy groups -OCH3 is 1. The van der Waals surface area contributed by atoms with Crippen LogP contribution in [0.5, 0.6) is 11.5 Å². The van der Waals surface area contributed by atoms with Gasteiger partial charge in [0.2, 0.25) is 0 Å². The lowest BCUT2D eigenvalue weighted by molar-refractivity contribution is -0.385. The average molecular weight is 565 g/mol. The number of nitro groups is 1. The summed E-state index contributed by atoms with van der Waals surface area (Å²) in [7, 11) is 1.46. The number of carbonyl (C=O) groups is 2. The average Bonchev–Trinajstić information content (AvgIpc) is 2.87. The molecule has 3 aromatic carbocycles. The van der Waals surface area contributed by atoms with E-state index in [0.717, 1.165) is 12.1 Å². The van der Waals surface area contributed by atoms with Crippen LogP contribution in [0.25, 0.3) is 0 Å². The van der Waals surface area contributed by atoms with E-state index >= 15 is 0 Å². The minimum atomic E-state index is -4.67. The minimum Gasteiger partial charge on any atom is -0.496 e. The highest BCUT2D eigenvalue weighted by Gasteiger charge is 2.31. The van der Waals surface area contributed by atoms with Gasteiger partial charge in [-0.3, -0.25) is 19.7 Å². The van der Waals surface area contributed by atoms with Gasteiger partial charge in [-0.05, 0) is 61.0 Å². The van der Waals surface area contributed by atoms with Crippen LogP contribution in [0.15, 0.2) is 59.7 Å². The molecule has 204 valence electrons. The highest BCUT2D eigenvalue weighted by atomic mass is 35.5. The lowest BCUT2D eigenvalue weighted by Gasteiger charge is -2.12. The van der Waals surface area contributed by atoms with Gasteiger partial charge in [0.1, 0.15) is 18.1 Å². The predicted octanol–water partition coefficient (Wildman–Crippen LogP) is 5.25. The zero-order valence-corrected chi connectivity index (χ0v) is 21.1. The van der Waals surface area contributed by atoms with E-state index in [0.29, 0.717) is 34.3 Å². The summed E-state index contributed by atoms with van der Waals surface area (Å²) in [5, 5.41) is 16.5. The summed E-state index contributed by atoms with van der Waals surface area (Å²) in [6, 6.07) is 11.5. The maximum Gasteiger partial charge on any atom is 0.416 e. The fourth-order valence-corrected chi connectivity index (χ4v) is 3.43. The van der Waals surface area contributed by atoms with Crippen LogP contribution in [0.4, 0.5) is 24.5 Å². The Kier molecular flexibility index (Phi) is 9.09. The molecule has 0 spiro atoms. The molecular weight excluding hydrogens is 545 g/mol. The lowest BCUT2D eigenvalue weighted by atomic mass is 10.1. The van der Waals surface area contributed by atoms with Crippen LogP contribution in [0, 0.1) is 17.0 Å². The number of amides is 2. The van der Waals surface area contributed by atoms with Crippen molar-refractivity contribution in [3.63, 3.8) is 0 Å². The zero-order chi connectivity index (χ0) is 28.7. The number of aryl methyl sites for hydroxylation is 1. The van der Waals surface area contributed by atoms with Crippen molar-refractivity contribution in [1.29, 1.82) is 0 Å². The minimum absolute atomic E-state index is 0.0354. The Morgan fingerprint density at radius 3 is 2.49 bits per heavy atom. The van der Waals surface area contributed by atoms with Crippen molar-refractivity contribution in [2.45, 2.75) is 19.7 Å². The molecule has 3 rings (SSSR count). The van der Waals surface area contributed by atoms with Crippen molar-refractivity contribution >= 4 is 41.0 Å². The Balaban J connectivity index is 1.64. The number of anilines is 1. The molecule has 39 heavy (non-hydrogen) atoms. The van der Waals surface area contributed by atoms with E-state index in [9.17, 15) is 32.9 Å². The molecule has 0 bridgehead atoms. The second-order valence-electron chi connectivity index (χ2n) is 7.91. The summed E-state index contributed by atoms with van der Waals surface area (Å²) in [4.78, 5) is 34.7. The number of carbonyl (C=O) groups excluding carboxylic acids is 2. The number of alkyl halides is 3. The van der Waals surface area contributed by atoms with Crippen LogP contribution in [0.3, 0.4) is 0 Å². The molecule has 0 unspecified atom stereocenters. The number of ether oxygens (including phenoxy) is 2.